The third-order valence-electron chi connectivity index (χ3n) is 5.09. The normalized spacial score (nSPS) is 19.1. The van der Waals surface area contributed by atoms with Crippen LogP contribution < -0.4 is 16.8 Å². The minimum atomic E-state index is -0.787. The number of hydrogen-bond donors (Lipinski definition) is 4. The predicted octanol–water partition coefficient (Wildman–Crippen LogP) is 2.18. The second-order valence-corrected chi connectivity index (χ2v) is 7.04. The number of nitrogen functional groups attached to an aromatic ring is 2. The second-order valence-electron chi connectivity index (χ2n) is 7.04. The molecule has 2 atom stereocenters. The molecule has 1 aromatic carbocycles. The van der Waals surface area contributed by atoms with Gasteiger partial charge in [0.05, 0.1) is 29.2 Å². The lowest BCUT2D eigenvalue weighted by Gasteiger charge is -2.38. The highest BCUT2D eigenvalue weighted by Gasteiger charge is 2.34. The van der Waals surface area contributed by atoms with Crippen molar-refractivity contribution in [3.63, 3.8) is 0 Å². The van der Waals surface area contributed by atoms with Crippen molar-refractivity contribution in [3.8, 4) is 0 Å². The highest BCUT2D eigenvalue weighted by Crippen LogP contribution is 2.34. The molecular weight excluding hydrogens is 356 g/mol. The number of benzene rings is 1. The molecule has 0 bridgehead atoms. The fourth-order valence-corrected chi connectivity index (χ4v) is 3.49. The number of nitrogens with two attached hydrogens (primary N) is 2. The molecule has 1 saturated heterocycles. The summed E-state index contributed by atoms with van der Waals surface area (Å²) in [6.07, 6.45) is 3.89. The third kappa shape index (κ3) is 3.80. The number of hydrogen-bond acceptors (Lipinski definition) is 6. The van der Waals surface area contributed by atoms with Crippen LogP contribution in [0.4, 0.5) is 17.2 Å². The van der Waals surface area contributed by atoms with Crippen LogP contribution in [0.3, 0.4) is 0 Å². The Labute approximate surface area is 163 Å². The molecule has 1 aliphatic rings. The summed E-state index contributed by atoms with van der Waals surface area (Å²) >= 11 is 0. The molecule has 8 heteroatoms. The van der Waals surface area contributed by atoms with Crippen molar-refractivity contribution >= 4 is 35.2 Å². The monoisotopic (exact) mass is 380 g/mol. The van der Waals surface area contributed by atoms with Gasteiger partial charge in [-0.2, -0.15) is 0 Å². The van der Waals surface area contributed by atoms with Gasteiger partial charge in [0.25, 0.3) is 0 Å². The molecule has 1 fully saturated rings. The number of anilines is 3. The van der Waals surface area contributed by atoms with Gasteiger partial charge >= 0.3 is 11.8 Å². The van der Waals surface area contributed by atoms with Crippen molar-refractivity contribution in [3.05, 3.63) is 47.7 Å². The lowest BCUT2D eigenvalue weighted by Crippen LogP contribution is -2.45. The number of nitrogens with one attached hydrogen (secondary N) is 2. The summed E-state index contributed by atoms with van der Waals surface area (Å²) in [6, 6.07) is 9.57. The largest absolute Gasteiger partial charge is 0.396 e. The van der Waals surface area contributed by atoms with Crippen LogP contribution in [-0.2, 0) is 9.59 Å². The Balaban J connectivity index is 1.82. The van der Waals surface area contributed by atoms with Crippen LogP contribution >= 0.6 is 0 Å². The van der Waals surface area contributed by atoms with Crippen molar-refractivity contribution in [1.29, 1.82) is 5.41 Å². The molecule has 0 aliphatic carbocycles. The lowest BCUT2D eigenvalue weighted by atomic mass is 9.88. The molecule has 0 spiro atoms. The topological polar surface area (TPSA) is 138 Å². The molecule has 6 N–H and O–H groups in total. The van der Waals surface area contributed by atoms with Crippen LogP contribution in [0.2, 0.25) is 0 Å². The molecule has 0 radical (unpaired) electrons. The standard InChI is InChI=1S/C20H24N6O2/c1-12-7-8-26(16(9-12)13-5-3-2-4-6-13)20(28)19(27)25-15-11-24-18(23)14(10-21)17(15)22/h2-6,10-12,16,21H,7-9H2,1H3,(H,25,27)(H4,22,23,24). The molecule has 2 aromatic rings. The molecule has 2 unspecified atom stereocenters. The molecule has 0 saturated carbocycles. The minimum Gasteiger partial charge on any atom is -0.396 e. The first-order valence-electron chi connectivity index (χ1n) is 9.13. The van der Waals surface area contributed by atoms with E-state index in [1.165, 1.54) is 6.20 Å². The van der Waals surface area contributed by atoms with Crippen molar-refractivity contribution in [2.75, 3.05) is 23.3 Å². The van der Waals surface area contributed by atoms with Gasteiger partial charge < -0.3 is 27.1 Å². The fraction of sp³-hybridized carbons (Fsp3) is 0.300. The number of amides is 2. The van der Waals surface area contributed by atoms with Crippen LogP contribution in [0.1, 0.15) is 36.9 Å². The number of carbonyl (C=O) groups is 2. The van der Waals surface area contributed by atoms with E-state index in [0.29, 0.717) is 12.5 Å². The Bertz CT molecular complexity index is 899. The SMILES string of the molecule is CC1CCN(C(=O)C(=O)Nc2cnc(N)c(C=N)c2N)C(c2ccccc2)C1. The van der Waals surface area contributed by atoms with Gasteiger partial charge in [0.2, 0.25) is 0 Å². The van der Waals surface area contributed by atoms with Gasteiger partial charge in [0, 0.05) is 12.8 Å². The average molecular weight is 380 g/mol. The van der Waals surface area contributed by atoms with Crippen molar-refractivity contribution in [2.24, 2.45) is 5.92 Å². The van der Waals surface area contributed by atoms with Crippen LogP contribution in [0.15, 0.2) is 36.5 Å². The first-order chi connectivity index (χ1) is 13.4. The van der Waals surface area contributed by atoms with E-state index in [0.717, 1.165) is 24.6 Å². The Morgan fingerprint density at radius 2 is 2.00 bits per heavy atom. The van der Waals surface area contributed by atoms with Gasteiger partial charge in [-0.3, -0.25) is 9.59 Å². The molecule has 3 rings (SSSR count). The van der Waals surface area contributed by atoms with E-state index in [9.17, 15) is 9.59 Å². The smallest absolute Gasteiger partial charge is 0.314 e. The van der Waals surface area contributed by atoms with E-state index in [1.54, 1.807) is 4.90 Å². The summed E-state index contributed by atoms with van der Waals surface area (Å²) in [6.45, 7) is 2.66. The summed E-state index contributed by atoms with van der Waals surface area (Å²) in [7, 11) is 0. The van der Waals surface area contributed by atoms with E-state index in [2.05, 4.69) is 17.2 Å². The Hall–Kier alpha value is -3.42. The van der Waals surface area contributed by atoms with Crippen LogP contribution in [0.25, 0.3) is 0 Å². The molecule has 8 nitrogen and oxygen atoms in total. The number of aromatic nitrogens is 1. The zero-order chi connectivity index (χ0) is 20.3. The van der Waals surface area contributed by atoms with Crippen LogP contribution in [0.5, 0.6) is 0 Å². The molecule has 146 valence electrons. The van der Waals surface area contributed by atoms with Crippen LogP contribution in [0, 0.1) is 11.3 Å². The van der Waals surface area contributed by atoms with Crippen molar-refractivity contribution < 1.29 is 9.59 Å². The molecule has 2 amide bonds. The zero-order valence-electron chi connectivity index (χ0n) is 15.7. The summed E-state index contributed by atoms with van der Waals surface area (Å²) in [5.74, 6) is -0.853. The number of pyridine rings is 1. The third-order valence-corrected chi connectivity index (χ3v) is 5.09. The molecule has 1 aliphatic heterocycles. The average Bonchev–Trinajstić information content (AvgIpc) is 2.70. The number of piperidine rings is 1. The van der Waals surface area contributed by atoms with Crippen molar-refractivity contribution in [1.82, 2.24) is 9.88 Å². The maximum absolute atomic E-state index is 12.9. The quantitative estimate of drug-likeness (QED) is 0.477. The lowest BCUT2D eigenvalue weighted by molar-refractivity contribution is -0.146. The van der Waals surface area contributed by atoms with Crippen molar-refractivity contribution in [2.45, 2.75) is 25.8 Å². The Morgan fingerprint density at radius 1 is 1.29 bits per heavy atom. The highest BCUT2D eigenvalue weighted by atomic mass is 16.2. The first kappa shape index (κ1) is 19.3. The van der Waals surface area contributed by atoms with E-state index >= 15 is 0 Å². The summed E-state index contributed by atoms with van der Waals surface area (Å²) < 4.78 is 0. The Kier molecular flexibility index (Phi) is 5.58. The van der Waals surface area contributed by atoms with Crippen LogP contribution in [-0.4, -0.2) is 34.5 Å². The van der Waals surface area contributed by atoms with E-state index in [4.69, 9.17) is 16.9 Å². The highest BCUT2D eigenvalue weighted by molar-refractivity contribution is 6.40. The van der Waals surface area contributed by atoms with E-state index in [1.807, 2.05) is 30.3 Å². The minimum absolute atomic E-state index is 0.0889. The fourth-order valence-electron chi connectivity index (χ4n) is 3.49. The number of likely N-dealkylation sites (tertiary alicyclic amines) is 1. The van der Waals surface area contributed by atoms with Gasteiger partial charge in [0.15, 0.2) is 0 Å². The van der Waals surface area contributed by atoms with Gasteiger partial charge in [-0.1, -0.05) is 37.3 Å². The van der Waals surface area contributed by atoms with Gasteiger partial charge in [-0.15, -0.1) is 0 Å². The second kappa shape index (κ2) is 8.08. The summed E-state index contributed by atoms with van der Waals surface area (Å²) in [4.78, 5) is 31.1. The number of carbonyl (C=O) groups excluding carboxylic acids is 2. The number of rotatable bonds is 3. The number of nitrogens with zero attached hydrogens (tertiary/aromatic N) is 2. The van der Waals surface area contributed by atoms with Gasteiger partial charge in [-0.25, -0.2) is 4.98 Å². The zero-order valence-corrected chi connectivity index (χ0v) is 15.7. The summed E-state index contributed by atoms with van der Waals surface area (Å²) in [5, 5.41) is 9.89. The van der Waals surface area contributed by atoms with Gasteiger partial charge in [0.1, 0.15) is 5.82 Å². The first-order valence-corrected chi connectivity index (χ1v) is 9.13. The predicted molar refractivity (Wildman–Crippen MR) is 109 cm³/mol. The maximum Gasteiger partial charge on any atom is 0.314 e. The Morgan fingerprint density at radius 3 is 2.68 bits per heavy atom. The molecule has 2 heterocycles. The molecule has 1 aromatic heterocycles. The maximum atomic E-state index is 12.9. The molecule has 28 heavy (non-hydrogen) atoms. The molecular formula is C20H24N6O2. The van der Waals surface area contributed by atoms with E-state index in [-0.39, 0.29) is 28.8 Å². The summed E-state index contributed by atoms with van der Waals surface area (Å²) in [5.41, 5.74) is 13.1. The van der Waals surface area contributed by atoms with E-state index < -0.39 is 11.8 Å². The van der Waals surface area contributed by atoms with Gasteiger partial charge in [-0.05, 0) is 24.3 Å².